The lowest BCUT2D eigenvalue weighted by Gasteiger charge is -2.18. The molecule has 1 unspecified atom stereocenters. The predicted molar refractivity (Wildman–Crippen MR) is 102 cm³/mol. The van der Waals surface area contributed by atoms with E-state index < -0.39 is 46.3 Å². The molecule has 0 saturated heterocycles. The van der Waals surface area contributed by atoms with Gasteiger partial charge in [0, 0.05) is 19.5 Å². The number of pyridine rings is 1. The molecule has 1 aliphatic rings. The van der Waals surface area contributed by atoms with Crippen molar-refractivity contribution in [1.29, 1.82) is 0 Å². The summed E-state index contributed by atoms with van der Waals surface area (Å²) in [5.74, 6) is -2.87. The van der Waals surface area contributed by atoms with Crippen LogP contribution >= 0.6 is 11.6 Å². The van der Waals surface area contributed by atoms with E-state index in [1.54, 1.807) is 6.92 Å². The number of nitrogens with zero attached hydrogens (tertiary/aromatic N) is 4. The molecule has 0 radical (unpaired) electrons. The number of oxime groups is 1. The van der Waals surface area contributed by atoms with E-state index in [2.05, 4.69) is 10.1 Å². The van der Waals surface area contributed by atoms with Gasteiger partial charge in [0.05, 0.1) is 11.6 Å². The van der Waals surface area contributed by atoms with Crippen molar-refractivity contribution in [3.63, 3.8) is 0 Å². The summed E-state index contributed by atoms with van der Waals surface area (Å²) in [7, 11) is 0.773. The number of carbonyl (C=O) groups is 1. The van der Waals surface area contributed by atoms with Gasteiger partial charge in [0.2, 0.25) is 5.60 Å². The Kier molecular flexibility index (Phi) is 5.89. The Morgan fingerprint density at radius 3 is 2.59 bits per heavy atom. The third-order valence-corrected chi connectivity index (χ3v) is 4.86. The smallest absolute Gasteiger partial charge is 0.431 e. The van der Waals surface area contributed by atoms with E-state index in [-0.39, 0.29) is 44.7 Å². The van der Waals surface area contributed by atoms with E-state index >= 15 is 0 Å². The maximum atomic E-state index is 14.6. The fourth-order valence-electron chi connectivity index (χ4n) is 2.97. The molecule has 2 aromatic rings. The lowest BCUT2D eigenvalue weighted by Crippen LogP contribution is -2.41. The average Bonchev–Trinajstić information content (AvgIpc) is 3.09. The number of ether oxygens (including phenoxy) is 1. The normalized spacial score (nSPS) is 18.3. The van der Waals surface area contributed by atoms with Crippen molar-refractivity contribution >= 4 is 23.3 Å². The number of halogens is 5. The fourth-order valence-corrected chi connectivity index (χ4v) is 3.22. The number of hydrogen-bond acceptors (Lipinski definition) is 7. The predicted octanol–water partition coefficient (Wildman–Crippen LogP) is 2.19. The molecule has 3 rings (SSSR count). The SMILES string of the molecule is CCOC(=O)C1(C)CC(c2nc(-n3c(=O)cc(C(F)(F)F)n(C)c3=O)c(F)cc2Cl)=NO1. The van der Waals surface area contributed by atoms with Crippen LogP contribution in [-0.2, 0) is 27.6 Å². The zero-order chi connectivity index (χ0) is 24.0. The summed E-state index contributed by atoms with van der Waals surface area (Å²) in [6.45, 7) is 3.05. The van der Waals surface area contributed by atoms with Crippen LogP contribution in [0.1, 0.15) is 31.7 Å². The molecule has 3 heterocycles. The van der Waals surface area contributed by atoms with Gasteiger partial charge in [-0.3, -0.25) is 9.36 Å². The van der Waals surface area contributed by atoms with Gasteiger partial charge in [-0.2, -0.15) is 13.2 Å². The Labute approximate surface area is 181 Å². The van der Waals surface area contributed by atoms with E-state index in [4.69, 9.17) is 21.2 Å². The van der Waals surface area contributed by atoms with Gasteiger partial charge in [-0.05, 0) is 19.9 Å². The van der Waals surface area contributed by atoms with Crippen molar-refractivity contribution in [1.82, 2.24) is 14.1 Å². The lowest BCUT2D eigenvalue weighted by molar-refractivity contribution is -0.166. The number of rotatable bonds is 4. The van der Waals surface area contributed by atoms with Gasteiger partial charge in [-0.1, -0.05) is 16.8 Å². The molecule has 0 spiro atoms. The molecule has 0 saturated carbocycles. The molecular weight excluding hydrogens is 464 g/mol. The van der Waals surface area contributed by atoms with Crippen LogP contribution < -0.4 is 11.2 Å². The molecule has 172 valence electrons. The molecule has 14 heteroatoms. The van der Waals surface area contributed by atoms with Crippen LogP contribution in [0.5, 0.6) is 0 Å². The minimum atomic E-state index is -4.99. The summed E-state index contributed by atoms with van der Waals surface area (Å²) in [5.41, 5.74) is -6.23. The molecule has 9 nitrogen and oxygen atoms in total. The average molecular weight is 479 g/mol. The quantitative estimate of drug-likeness (QED) is 0.493. The second-order valence-corrected chi connectivity index (χ2v) is 7.33. The van der Waals surface area contributed by atoms with Crippen LogP contribution in [-0.4, -0.2) is 38.0 Å². The fraction of sp³-hybridized carbons (Fsp3) is 0.389. The highest BCUT2D eigenvalue weighted by Gasteiger charge is 2.44. The van der Waals surface area contributed by atoms with Crippen molar-refractivity contribution in [2.75, 3.05) is 6.61 Å². The Balaban J connectivity index is 2.13. The minimum absolute atomic E-state index is 0.0245. The van der Waals surface area contributed by atoms with E-state index in [0.717, 1.165) is 7.05 Å². The highest BCUT2D eigenvalue weighted by Crippen LogP contribution is 2.31. The summed E-state index contributed by atoms with van der Waals surface area (Å²) in [4.78, 5) is 45.8. The van der Waals surface area contributed by atoms with Gasteiger partial charge < -0.3 is 9.57 Å². The van der Waals surface area contributed by atoms with Gasteiger partial charge in [0.1, 0.15) is 17.1 Å². The maximum absolute atomic E-state index is 14.6. The van der Waals surface area contributed by atoms with Crippen molar-refractivity contribution < 1.29 is 31.9 Å². The Bertz CT molecular complexity index is 1250. The number of alkyl halides is 3. The Morgan fingerprint density at radius 1 is 1.34 bits per heavy atom. The molecule has 0 N–H and O–H groups in total. The maximum Gasteiger partial charge on any atom is 0.431 e. The molecule has 32 heavy (non-hydrogen) atoms. The largest absolute Gasteiger partial charge is 0.463 e. The summed E-state index contributed by atoms with van der Waals surface area (Å²) in [6.07, 6.45) is -5.18. The lowest BCUT2D eigenvalue weighted by atomic mass is 9.98. The Morgan fingerprint density at radius 2 is 2.00 bits per heavy atom. The summed E-state index contributed by atoms with van der Waals surface area (Å²) in [5, 5.41) is 3.43. The zero-order valence-corrected chi connectivity index (χ0v) is 17.5. The van der Waals surface area contributed by atoms with Crippen molar-refractivity contribution in [2.24, 2.45) is 12.2 Å². The minimum Gasteiger partial charge on any atom is -0.463 e. The Hall–Kier alpha value is -3.22. The van der Waals surface area contributed by atoms with Gasteiger partial charge in [-0.15, -0.1) is 0 Å². The molecular formula is C18H15ClF4N4O5. The van der Waals surface area contributed by atoms with Crippen LogP contribution in [0.2, 0.25) is 5.02 Å². The van der Waals surface area contributed by atoms with E-state index in [1.807, 2.05) is 0 Å². The summed E-state index contributed by atoms with van der Waals surface area (Å²) < 4.78 is 58.9. The first-order valence-electron chi connectivity index (χ1n) is 8.99. The molecule has 0 fully saturated rings. The van der Waals surface area contributed by atoms with Gasteiger partial charge in [0.25, 0.3) is 5.56 Å². The number of aromatic nitrogens is 3. The molecule has 0 bridgehead atoms. The second kappa shape index (κ2) is 8.04. The first-order valence-corrected chi connectivity index (χ1v) is 9.37. The molecule has 0 amide bonds. The molecule has 0 aliphatic carbocycles. The van der Waals surface area contributed by atoms with Crippen LogP contribution in [0, 0.1) is 5.82 Å². The van der Waals surface area contributed by atoms with Gasteiger partial charge in [-0.25, -0.2) is 23.5 Å². The van der Waals surface area contributed by atoms with Crippen LogP contribution in [0.4, 0.5) is 17.6 Å². The van der Waals surface area contributed by atoms with Crippen LogP contribution in [0.15, 0.2) is 26.9 Å². The molecule has 0 aromatic carbocycles. The second-order valence-electron chi connectivity index (χ2n) is 6.92. The topological polar surface area (TPSA) is 105 Å². The van der Waals surface area contributed by atoms with Gasteiger partial charge >= 0.3 is 17.8 Å². The highest BCUT2D eigenvalue weighted by molar-refractivity contribution is 6.34. The first kappa shape index (κ1) is 23.4. The monoisotopic (exact) mass is 478 g/mol. The third kappa shape index (κ3) is 3.99. The third-order valence-electron chi connectivity index (χ3n) is 4.58. The standard InChI is InChI=1S/C18H15ClF4N4O5/c1-4-31-15(29)17(2)7-10(25-32-17)13-8(19)5-9(20)14(24-13)27-12(28)6-11(18(21,22)23)26(3)16(27)30/h5-6H,4,7H2,1-3H3. The van der Waals surface area contributed by atoms with Crippen LogP contribution in [0.25, 0.3) is 5.82 Å². The van der Waals surface area contributed by atoms with E-state index in [9.17, 15) is 31.9 Å². The summed E-state index contributed by atoms with van der Waals surface area (Å²) in [6, 6.07) is 0.857. The first-order chi connectivity index (χ1) is 14.8. The summed E-state index contributed by atoms with van der Waals surface area (Å²) >= 11 is 6.02. The number of hydrogen-bond donors (Lipinski definition) is 0. The molecule has 1 atom stereocenters. The molecule has 1 aliphatic heterocycles. The van der Waals surface area contributed by atoms with Crippen LogP contribution in [0.3, 0.4) is 0 Å². The van der Waals surface area contributed by atoms with Crippen molar-refractivity contribution in [2.45, 2.75) is 32.0 Å². The number of carbonyl (C=O) groups excluding carboxylic acids is 1. The van der Waals surface area contributed by atoms with Gasteiger partial charge in [0.15, 0.2) is 11.6 Å². The van der Waals surface area contributed by atoms with E-state index in [0.29, 0.717) is 6.07 Å². The highest BCUT2D eigenvalue weighted by atomic mass is 35.5. The number of esters is 1. The van der Waals surface area contributed by atoms with Crippen molar-refractivity contribution in [3.05, 3.63) is 55.2 Å². The van der Waals surface area contributed by atoms with Crippen molar-refractivity contribution in [3.8, 4) is 5.82 Å². The van der Waals surface area contributed by atoms with E-state index in [1.165, 1.54) is 6.92 Å². The molecule has 2 aromatic heterocycles. The zero-order valence-electron chi connectivity index (χ0n) is 16.8.